The van der Waals surface area contributed by atoms with Crippen LogP contribution in [0.3, 0.4) is 0 Å². The summed E-state index contributed by atoms with van der Waals surface area (Å²) in [4.78, 5) is 14.5. The molecule has 0 fully saturated rings. The molecule has 0 unspecified atom stereocenters. The minimum absolute atomic E-state index is 0.115. The van der Waals surface area contributed by atoms with Crippen molar-refractivity contribution in [2.24, 2.45) is 7.05 Å². The maximum absolute atomic E-state index is 12.5. The summed E-state index contributed by atoms with van der Waals surface area (Å²) in [6, 6.07) is 9.56. The summed E-state index contributed by atoms with van der Waals surface area (Å²) in [5, 5.41) is 16.9. The molecular formula is C19H28N4O2. The van der Waals surface area contributed by atoms with E-state index in [-0.39, 0.29) is 24.5 Å². The Bertz CT molecular complexity index is 705. The van der Waals surface area contributed by atoms with Crippen LogP contribution in [0.25, 0.3) is 0 Å². The monoisotopic (exact) mass is 344 g/mol. The summed E-state index contributed by atoms with van der Waals surface area (Å²) in [5.74, 6) is 0.0439. The van der Waals surface area contributed by atoms with Crippen LogP contribution in [0.2, 0.25) is 0 Å². The number of benzene rings is 1. The molecule has 0 aliphatic heterocycles. The Labute approximate surface area is 149 Å². The van der Waals surface area contributed by atoms with E-state index < -0.39 is 0 Å². The fourth-order valence-corrected chi connectivity index (χ4v) is 2.62. The number of carbonyl (C=O) groups excluding carboxylic acids is 1. The van der Waals surface area contributed by atoms with E-state index in [0.717, 1.165) is 16.9 Å². The number of aromatic nitrogens is 2. The zero-order valence-electron chi connectivity index (χ0n) is 15.7. The minimum atomic E-state index is -0.338. The number of aliphatic hydroxyl groups excluding tert-OH is 1. The molecule has 0 aliphatic carbocycles. The molecular weight excluding hydrogens is 316 g/mol. The van der Waals surface area contributed by atoms with Crippen molar-refractivity contribution >= 4 is 11.6 Å². The molecule has 1 heterocycles. The number of nitrogens with zero attached hydrogens (tertiary/aromatic N) is 3. The van der Waals surface area contributed by atoms with Gasteiger partial charge in [0.2, 0.25) is 0 Å². The van der Waals surface area contributed by atoms with Crippen molar-refractivity contribution in [2.75, 3.05) is 25.6 Å². The van der Waals surface area contributed by atoms with Gasteiger partial charge < -0.3 is 15.3 Å². The molecule has 136 valence electrons. The van der Waals surface area contributed by atoms with Crippen LogP contribution in [0.1, 0.15) is 41.5 Å². The van der Waals surface area contributed by atoms with Gasteiger partial charge in [-0.15, -0.1) is 0 Å². The number of nitrogens with one attached hydrogen (secondary N) is 1. The molecule has 2 N–H and O–H groups in total. The second kappa shape index (κ2) is 8.16. The lowest BCUT2D eigenvalue weighted by atomic mass is 10.1. The minimum Gasteiger partial charge on any atom is -0.394 e. The smallest absolute Gasteiger partial charge is 0.269 e. The van der Waals surface area contributed by atoms with Crippen LogP contribution >= 0.6 is 0 Å². The van der Waals surface area contributed by atoms with Crippen LogP contribution in [0.4, 0.5) is 5.69 Å². The maximum atomic E-state index is 12.5. The van der Waals surface area contributed by atoms with Crippen LogP contribution in [0, 0.1) is 0 Å². The average Bonchev–Trinajstić information content (AvgIpc) is 2.97. The van der Waals surface area contributed by atoms with Crippen molar-refractivity contribution in [3.8, 4) is 0 Å². The number of aliphatic hydroxyl groups is 1. The summed E-state index contributed by atoms with van der Waals surface area (Å²) in [7, 11) is 5.74. The fraction of sp³-hybridized carbons (Fsp3) is 0.474. The number of rotatable bonds is 7. The molecule has 25 heavy (non-hydrogen) atoms. The van der Waals surface area contributed by atoms with E-state index in [1.54, 1.807) is 17.8 Å². The summed E-state index contributed by atoms with van der Waals surface area (Å²) in [5.41, 5.74) is 3.57. The normalized spacial score (nSPS) is 12.3. The molecule has 0 saturated carbocycles. The Balaban J connectivity index is 2.04. The highest BCUT2D eigenvalue weighted by molar-refractivity contribution is 5.92. The van der Waals surface area contributed by atoms with Crippen molar-refractivity contribution in [1.29, 1.82) is 0 Å². The van der Waals surface area contributed by atoms with Crippen LogP contribution in [-0.2, 0) is 13.5 Å². The Kier molecular flexibility index (Phi) is 6.20. The number of hydrogen-bond donors (Lipinski definition) is 2. The number of aryl methyl sites for hydroxylation is 1. The van der Waals surface area contributed by atoms with Gasteiger partial charge >= 0.3 is 0 Å². The lowest BCUT2D eigenvalue weighted by Gasteiger charge is -2.17. The van der Waals surface area contributed by atoms with E-state index in [4.69, 9.17) is 0 Å². The van der Waals surface area contributed by atoms with Crippen LogP contribution in [0.5, 0.6) is 0 Å². The molecule has 2 aromatic rings. The predicted molar refractivity (Wildman–Crippen MR) is 100 cm³/mol. The van der Waals surface area contributed by atoms with Crippen molar-refractivity contribution in [2.45, 2.75) is 32.2 Å². The molecule has 2 rings (SSSR count). The molecule has 0 saturated heterocycles. The van der Waals surface area contributed by atoms with Crippen LogP contribution in [-0.4, -0.2) is 47.5 Å². The van der Waals surface area contributed by atoms with Gasteiger partial charge in [-0.05, 0) is 36.1 Å². The zero-order valence-corrected chi connectivity index (χ0v) is 15.7. The van der Waals surface area contributed by atoms with Gasteiger partial charge in [0.15, 0.2) is 0 Å². The second-order valence-electron chi connectivity index (χ2n) is 6.85. The molecule has 1 amide bonds. The van der Waals surface area contributed by atoms with Gasteiger partial charge in [-0.1, -0.05) is 26.0 Å². The first-order chi connectivity index (χ1) is 11.8. The van der Waals surface area contributed by atoms with Crippen molar-refractivity contribution in [3.05, 3.63) is 47.3 Å². The highest BCUT2D eigenvalue weighted by Crippen LogP contribution is 2.15. The SMILES string of the molecule is CC(C)c1cc(C(=O)N[C@H](CO)Cc2ccc(N(C)C)cc2)n(C)n1. The summed E-state index contributed by atoms with van der Waals surface area (Å²) in [6.07, 6.45) is 0.574. The molecule has 0 spiro atoms. The van der Waals surface area contributed by atoms with Gasteiger partial charge in [0, 0.05) is 26.8 Å². The van der Waals surface area contributed by atoms with Gasteiger partial charge in [0.05, 0.1) is 18.3 Å². The van der Waals surface area contributed by atoms with E-state index in [1.165, 1.54) is 0 Å². The highest BCUT2D eigenvalue weighted by atomic mass is 16.3. The summed E-state index contributed by atoms with van der Waals surface area (Å²) in [6.45, 7) is 3.96. The first-order valence-corrected chi connectivity index (χ1v) is 8.53. The Hall–Kier alpha value is -2.34. The van der Waals surface area contributed by atoms with Gasteiger partial charge in [0.1, 0.15) is 5.69 Å². The molecule has 0 aliphatic rings. The van der Waals surface area contributed by atoms with Gasteiger partial charge in [-0.2, -0.15) is 5.10 Å². The van der Waals surface area contributed by atoms with Crippen molar-refractivity contribution in [1.82, 2.24) is 15.1 Å². The quantitative estimate of drug-likeness (QED) is 0.805. The van der Waals surface area contributed by atoms with Gasteiger partial charge in [-0.3, -0.25) is 9.48 Å². The van der Waals surface area contributed by atoms with E-state index in [0.29, 0.717) is 12.1 Å². The van der Waals surface area contributed by atoms with E-state index in [2.05, 4.69) is 10.4 Å². The fourth-order valence-electron chi connectivity index (χ4n) is 2.62. The van der Waals surface area contributed by atoms with E-state index in [1.807, 2.05) is 57.1 Å². The standard InChI is InChI=1S/C19H28N4O2/c1-13(2)17-11-18(23(5)21-17)19(25)20-15(12-24)10-14-6-8-16(9-7-14)22(3)4/h6-9,11,13,15,24H,10,12H2,1-5H3,(H,20,25)/t15-/m0/s1. The van der Waals surface area contributed by atoms with Crippen molar-refractivity contribution < 1.29 is 9.90 Å². The summed E-state index contributed by atoms with van der Waals surface area (Å²) >= 11 is 0. The lowest BCUT2D eigenvalue weighted by Crippen LogP contribution is -2.39. The third kappa shape index (κ3) is 4.82. The van der Waals surface area contributed by atoms with Crippen LogP contribution in [0.15, 0.2) is 30.3 Å². The molecule has 1 aromatic heterocycles. The Morgan fingerprint density at radius 2 is 1.92 bits per heavy atom. The van der Waals surface area contributed by atoms with E-state index in [9.17, 15) is 9.90 Å². The Morgan fingerprint density at radius 3 is 2.40 bits per heavy atom. The van der Waals surface area contributed by atoms with E-state index >= 15 is 0 Å². The number of carbonyl (C=O) groups is 1. The third-order valence-corrected chi connectivity index (χ3v) is 4.21. The van der Waals surface area contributed by atoms with Crippen molar-refractivity contribution in [3.63, 3.8) is 0 Å². The largest absolute Gasteiger partial charge is 0.394 e. The second-order valence-corrected chi connectivity index (χ2v) is 6.85. The molecule has 0 bridgehead atoms. The first kappa shape index (κ1) is 19.0. The first-order valence-electron chi connectivity index (χ1n) is 8.53. The molecule has 1 aromatic carbocycles. The number of hydrogen-bond acceptors (Lipinski definition) is 4. The average molecular weight is 344 g/mol. The maximum Gasteiger partial charge on any atom is 0.269 e. The molecule has 0 radical (unpaired) electrons. The highest BCUT2D eigenvalue weighted by Gasteiger charge is 2.18. The number of anilines is 1. The third-order valence-electron chi connectivity index (χ3n) is 4.21. The Morgan fingerprint density at radius 1 is 1.28 bits per heavy atom. The van der Waals surface area contributed by atoms with Gasteiger partial charge in [-0.25, -0.2) is 0 Å². The van der Waals surface area contributed by atoms with Gasteiger partial charge in [0.25, 0.3) is 5.91 Å². The number of amides is 1. The van der Waals surface area contributed by atoms with Crippen LogP contribution < -0.4 is 10.2 Å². The summed E-state index contributed by atoms with van der Waals surface area (Å²) < 4.78 is 1.59. The zero-order chi connectivity index (χ0) is 18.6. The molecule has 1 atom stereocenters. The molecule has 6 heteroatoms. The lowest BCUT2D eigenvalue weighted by molar-refractivity contribution is 0.0907. The topological polar surface area (TPSA) is 70.4 Å². The molecule has 6 nitrogen and oxygen atoms in total. The predicted octanol–water partition coefficient (Wildman–Crippen LogP) is 1.94.